The molecule has 0 spiro atoms. The molecule has 1 heterocycles. The highest BCUT2D eigenvalue weighted by Gasteiger charge is 2.13. The van der Waals surface area contributed by atoms with Crippen LogP contribution < -0.4 is 10.1 Å². The third kappa shape index (κ3) is 3.19. The standard InChI is InChI=1S/C12H15BrFNO/c13-11-7-9(14)4-5-12(11)16-8-10-3-1-2-6-15-10/h4-5,7,10,15H,1-3,6,8H2. The van der Waals surface area contributed by atoms with Crippen molar-refractivity contribution in [1.82, 2.24) is 5.32 Å². The van der Waals surface area contributed by atoms with Crippen molar-refractivity contribution in [3.63, 3.8) is 0 Å². The molecule has 0 radical (unpaired) electrons. The topological polar surface area (TPSA) is 21.3 Å². The number of hydrogen-bond acceptors (Lipinski definition) is 2. The van der Waals surface area contributed by atoms with E-state index in [1.165, 1.54) is 25.0 Å². The van der Waals surface area contributed by atoms with Gasteiger partial charge in [-0.2, -0.15) is 0 Å². The zero-order chi connectivity index (χ0) is 11.4. The van der Waals surface area contributed by atoms with Crippen LogP contribution in [-0.2, 0) is 0 Å². The average molecular weight is 288 g/mol. The van der Waals surface area contributed by atoms with E-state index in [4.69, 9.17) is 4.74 Å². The highest BCUT2D eigenvalue weighted by molar-refractivity contribution is 9.10. The van der Waals surface area contributed by atoms with Crippen molar-refractivity contribution >= 4 is 15.9 Å². The fourth-order valence-electron chi connectivity index (χ4n) is 1.85. The van der Waals surface area contributed by atoms with Gasteiger partial charge in [0.25, 0.3) is 0 Å². The van der Waals surface area contributed by atoms with Crippen LogP contribution in [0.2, 0.25) is 0 Å². The smallest absolute Gasteiger partial charge is 0.133 e. The summed E-state index contributed by atoms with van der Waals surface area (Å²) in [6.45, 7) is 1.71. The summed E-state index contributed by atoms with van der Waals surface area (Å²) < 4.78 is 19.2. The number of nitrogens with one attached hydrogen (secondary N) is 1. The molecule has 1 aromatic carbocycles. The van der Waals surface area contributed by atoms with Crippen LogP contribution in [0.25, 0.3) is 0 Å². The van der Waals surface area contributed by atoms with E-state index in [1.54, 1.807) is 6.07 Å². The number of halogens is 2. The average Bonchev–Trinajstić information content (AvgIpc) is 2.29. The number of rotatable bonds is 3. The number of benzene rings is 1. The third-order valence-corrected chi connectivity index (χ3v) is 3.37. The molecule has 0 aromatic heterocycles. The molecular weight excluding hydrogens is 273 g/mol. The van der Waals surface area contributed by atoms with E-state index in [2.05, 4.69) is 21.2 Å². The summed E-state index contributed by atoms with van der Waals surface area (Å²) in [6.07, 6.45) is 3.65. The summed E-state index contributed by atoms with van der Waals surface area (Å²) >= 11 is 3.29. The van der Waals surface area contributed by atoms with Crippen molar-refractivity contribution in [3.05, 3.63) is 28.5 Å². The summed E-state index contributed by atoms with van der Waals surface area (Å²) in [5, 5.41) is 3.41. The van der Waals surface area contributed by atoms with Crippen LogP contribution >= 0.6 is 15.9 Å². The quantitative estimate of drug-likeness (QED) is 0.922. The van der Waals surface area contributed by atoms with E-state index >= 15 is 0 Å². The lowest BCUT2D eigenvalue weighted by Gasteiger charge is -2.23. The summed E-state index contributed by atoms with van der Waals surface area (Å²) in [5.41, 5.74) is 0. The van der Waals surface area contributed by atoms with Gasteiger partial charge in [0.1, 0.15) is 18.2 Å². The molecule has 1 fully saturated rings. The lowest BCUT2D eigenvalue weighted by Crippen LogP contribution is -2.38. The minimum absolute atomic E-state index is 0.255. The third-order valence-electron chi connectivity index (χ3n) is 2.75. The van der Waals surface area contributed by atoms with Crippen molar-refractivity contribution in [2.75, 3.05) is 13.2 Å². The normalized spacial score (nSPS) is 20.8. The second-order valence-electron chi connectivity index (χ2n) is 4.03. The van der Waals surface area contributed by atoms with Gasteiger partial charge < -0.3 is 10.1 Å². The van der Waals surface area contributed by atoms with Crippen LogP contribution in [0.15, 0.2) is 22.7 Å². The maximum absolute atomic E-state index is 12.8. The maximum Gasteiger partial charge on any atom is 0.133 e. The first kappa shape index (κ1) is 11.9. The van der Waals surface area contributed by atoms with Crippen LogP contribution in [0.3, 0.4) is 0 Å². The molecule has 1 N–H and O–H groups in total. The molecule has 1 aromatic rings. The van der Waals surface area contributed by atoms with Gasteiger partial charge in [-0.05, 0) is 53.5 Å². The summed E-state index contributed by atoms with van der Waals surface area (Å²) in [5.74, 6) is 0.448. The van der Waals surface area contributed by atoms with Gasteiger partial charge in [-0.25, -0.2) is 4.39 Å². The van der Waals surface area contributed by atoms with E-state index in [9.17, 15) is 4.39 Å². The van der Waals surface area contributed by atoms with Crippen molar-refractivity contribution < 1.29 is 9.13 Å². The van der Waals surface area contributed by atoms with E-state index in [1.807, 2.05) is 0 Å². The molecule has 88 valence electrons. The molecule has 2 rings (SSSR count). The predicted octanol–water partition coefficient (Wildman–Crippen LogP) is 3.11. The molecule has 0 saturated carbocycles. The van der Waals surface area contributed by atoms with Crippen molar-refractivity contribution in [2.45, 2.75) is 25.3 Å². The van der Waals surface area contributed by atoms with Gasteiger partial charge in [0, 0.05) is 6.04 Å². The second-order valence-corrected chi connectivity index (χ2v) is 4.89. The van der Waals surface area contributed by atoms with Gasteiger partial charge in [-0.3, -0.25) is 0 Å². The first-order valence-corrected chi connectivity index (χ1v) is 6.36. The van der Waals surface area contributed by atoms with Crippen LogP contribution in [0.1, 0.15) is 19.3 Å². The van der Waals surface area contributed by atoms with Gasteiger partial charge in [0.15, 0.2) is 0 Å². The monoisotopic (exact) mass is 287 g/mol. The minimum atomic E-state index is -0.255. The number of ether oxygens (including phenoxy) is 1. The van der Waals surface area contributed by atoms with Gasteiger partial charge in [0.2, 0.25) is 0 Å². The Hall–Kier alpha value is -0.610. The Kier molecular flexibility index (Phi) is 4.18. The van der Waals surface area contributed by atoms with Crippen molar-refractivity contribution in [3.8, 4) is 5.75 Å². The Balaban J connectivity index is 1.88. The number of hydrogen-bond donors (Lipinski definition) is 1. The molecule has 4 heteroatoms. The first-order valence-electron chi connectivity index (χ1n) is 5.57. The Morgan fingerprint density at radius 3 is 3.00 bits per heavy atom. The predicted molar refractivity (Wildman–Crippen MR) is 65.2 cm³/mol. The van der Waals surface area contributed by atoms with Crippen molar-refractivity contribution in [2.24, 2.45) is 0 Å². The highest BCUT2D eigenvalue weighted by Crippen LogP contribution is 2.25. The molecule has 2 nitrogen and oxygen atoms in total. The Labute approximate surface area is 103 Å². The van der Waals surface area contributed by atoms with E-state index in [0.717, 1.165) is 13.0 Å². The molecule has 0 amide bonds. The summed E-state index contributed by atoms with van der Waals surface area (Å²) in [6, 6.07) is 4.91. The summed E-state index contributed by atoms with van der Waals surface area (Å²) in [4.78, 5) is 0. The molecule has 1 aliphatic rings. The van der Waals surface area contributed by atoms with Crippen LogP contribution in [0.5, 0.6) is 5.75 Å². The van der Waals surface area contributed by atoms with E-state index in [-0.39, 0.29) is 5.82 Å². The maximum atomic E-state index is 12.8. The molecule has 1 saturated heterocycles. The van der Waals surface area contributed by atoms with Gasteiger partial charge >= 0.3 is 0 Å². The second kappa shape index (κ2) is 5.64. The molecule has 1 aliphatic heterocycles. The van der Waals surface area contributed by atoms with E-state index < -0.39 is 0 Å². The lowest BCUT2D eigenvalue weighted by atomic mass is 10.1. The van der Waals surface area contributed by atoms with E-state index in [0.29, 0.717) is 22.9 Å². The Bertz CT molecular complexity index is 353. The van der Waals surface area contributed by atoms with Crippen LogP contribution in [0, 0.1) is 5.82 Å². The molecule has 0 bridgehead atoms. The number of piperidine rings is 1. The van der Waals surface area contributed by atoms with Gasteiger partial charge in [-0.15, -0.1) is 0 Å². The van der Waals surface area contributed by atoms with Gasteiger partial charge in [0.05, 0.1) is 4.47 Å². The molecular formula is C12H15BrFNO. The molecule has 16 heavy (non-hydrogen) atoms. The fourth-order valence-corrected chi connectivity index (χ4v) is 2.31. The highest BCUT2D eigenvalue weighted by atomic mass is 79.9. The lowest BCUT2D eigenvalue weighted by molar-refractivity contribution is 0.237. The zero-order valence-electron chi connectivity index (χ0n) is 9.01. The SMILES string of the molecule is Fc1ccc(OCC2CCCCN2)c(Br)c1. The molecule has 1 atom stereocenters. The Morgan fingerprint density at radius 1 is 1.44 bits per heavy atom. The van der Waals surface area contributed by atoms with Crippen molar-refractivity contribution in [1.29, 1.82) is 0 Å². The Morgan fingerprint density at radius 2 is 2.31 bits per heavy atom. The molecule has 0 aliphatic carbocycles. The minimum Gasteiger partial charge on any atom is -0.491 e. The van der Waals surface area contributed by atoms with Crippen LogP contribution in [0.4, 0.5) is 4.39 Å². The molecule has 1 unspecified atom stereocenters. The fraction of sp³-hybridized carbons (Fsp3) is 0.500. The van der Waals surface area contributed by atoms with Crippen LogP contribution in [-0.4, -0.2) is 19.2 Å². The zero-order valence-corrected chi connectivity index (χ0v) is 10.6. The summed E-state index contributed by atoms with van der Waals surface area (Å²) in [7, 11) is 0. The first-order chi connectivity index (χ1) is 7.75. The largest absolute Gasteiger partial charge is 0.491 e. The van der Waals surface area contributed by atoms with Gasteiger partial charge in [-0.1, -0.05) is 6.42 Å².